The molecule has 0 saturated heterocycles. The zero-order chi connectivity index (χ0) is 11.2. The Hall–Kier alpha value is -0.870. The third-order valence-electron chi connectivity index (χ3n) is 2.86. The molecule has 1 aliphatic rings. The van der Waals surface area contributed by atoms with E-state index in [9.17, 15) is 8.42 Å². The number of aryl methyl sites for hydroxylation is 2. The van der Waals surface area contributed by atoms with Crippen LogP contribution in [0.15, 0.2) is 17.0 Å². The molecule has 0 fully saturated rings. The van der Waals surface area contributed by atoms with E-state index in [-0.39, 0.29) is 11.8 Å². The van der Waals surface area contributed by atoms with Gasteiger partial charge < -0.3 is 5.73 Å². The Bertz CT molecular complexity index is 506. The van der Waals surface area contributed by atoms with Crippen molar-refractivity contribution in [2.75, 3.05) is 5.75 Å². The largest absolute Gasteiger partial charge is 0.324 e. The molecule has 0 spiro atoms. The minimum absolute atomic E-state index is 0.137. The summed E-state index contributed by atoms with van der Waals surface area (Å²) in [6, 6.07) is 3.65. The monoisotopic (exact) mass is 225 g/mol. The third-order valence-corrected chi connectivity index (χ3v) is 4.81. The molecule has 2 rings (SSSR count). The third kappa shape index (κ3) is 1.68. The van der Waals surface area contributed by atoms with Gasteiger partial charge in [-0.3, -0.25) is 0 Å². The highest BCUT2D eigenvalue weighted by atomic mass is 32.2. The lowest BCUT2D eigenvalue weighted by Gasteiger charge is -2.24. The molecule has 1 unspecified atom stereocenters. The summed E-state index contributed by atoms with van der Waals surface area (Å²) in [5.74, 6) is 0.172. The van der Waals surface area contributed by atoms with Crippen LogP contribution >= 0.6 is 0 Å². The molecule has 82 valence electrons. The first-order valence-electron chi connectivity index (χ1n) is 5.01. The second kappa shape index (κ2) is 3.32. The molecule has 4 heteroatoms. The second-order valence-corrected chi connectivity index (χ2v) is 6.26. The molecule has 0 amide bonds. The Morgan fingerprint density at radius 1 is 1.33 bits per heavy atom. The fourth-order valence-electron chi connectivity index (χ4n) is 2.23. The standard InChI is InChI=1S/C11H15NO2S/c1-7-5-8(2)11-9(6-7)10(12)3-4-15(11,13)14/h5-6,10H,3-4,12H2,1-2H3. The number of rotatable bonds is 0. The van der Waals surface area contributed by atoms with E-state index >= 15 is 0 Å². The summed E-state index contributed by atoms with van der Waals surface area (Å²) in [5, 5.41) is 0. The lowest BCUT2D eigenvalue weighted by Crippen LogP contribution is -2.26. The molecule has 1 heterocycles. The lowest BCUT2D eigenvalue weighted by atomic mass is 10.00. The van der Waals surface area contributed by atoms with Gasteiger partial charge in [-0.15, -0.1) is 0 Å². The number of fused-ring (bicyclic) bond motifs is 1. The molecule has 0 aromatic heterocycles. The minimum Gasteiger partial charge on any atom is -0.324 e. The first kappa shape index (κ1) is 10.6. The molecule has 1 aliphatic heterocycles. The highest BCUT2D eigenvalue weighted by Crippen LogP contribution is 2.33. The van der Waals surface area contributed by atoms with Crippen molar-refractivity contribution in [3.63, 3.8) is 0 Å². The average Bonchev–Trinajstić information content (AvgIpc) is 2.10. The smallest absolute Gasteiger partial charge is 0.179 e. The highest BCUT2D eigenvalue weighted by molar-refractivity contribution is 7.91. The molecular weight excluding hydrogens is 210 g/mol. The number of hydrogen-bond donors (Lipinski definition) is 1. The zero-order valence-corrected chi connectivity index (χ0v) is 9.76. The van der Waals surface area contributed by atoms with Gasteiger partial charge in [-0.2, -0.15) is 0 Å². The summed E-state index contributed by atoms with van der Waals surface area (Å²) < 4.78 is 23.8. The van der Waals surface area contributed by atoms with Gasteiger partial charge in [-0.25, -0.2) is 8.42 Å². The topological polar surface area (TPSA) is 60.2 Å². The van der Waals surface area contributed by atoms with Crippen molar-refractivity contribution in [1.29, 1.82) is 0 Å². The Balaban J connectivity index is 2.79. The molecule has 1 aromatic rings. The van der Waals surface area contributed by atoms with E-state index in [1.165, 1.54) is 0 Å². The predicted molar refractivity (Wildman–Crippen MR) is 59.5 cm³/mol. The van der Waals surface area contributed by atoms with Gasteiger partial charge in [0.2, 0.25) is 0 Å². The molecule has 1 aromatic carbocycles. The van der Waals surface area contributed by atoms with Gasteiger partial charge >= 0.3 is 0 Å². The molecule has 0 bridgehead atoms. The van der Waals surface area contributed by atoms with E-state index in [2.05, 4.69) is 0 Å². The van der Waals surface area contributed by atoms with Gasteiger partial charge in [0, 0.05) is 6.04 Å². The van der Waals surface area contributed by atoms with Crippen molar-refractivity contribution in [3.05, 3.63) is 28.8 Å². The van der Waals surface area contributed by atoms with Gasteiger partial charge in [0.05, 0.1) is 10.6 Å². The van der Waals surface area contributed by atoms with Crippen molar-refractivity contribution < 1.29 is 8.42 Å². The van der Waals surface area contributed by atoms with Crippen LogP contribution in [0.4, 0.5) is 0 Å². The SMILES string of the molecule is Cc1cc(C)c2c(c1)C(N)CCS2(=O)=O. The Kier molecular flexibility index (Phi) is 2.35. The van der Waals surface area contributed by atoms with E-state index in [1.807, 2.05) is 26.0 Å². The molecular formula is C11H15NO2S. The van der Waals surface area contributed by atoms with Crippen LogP contribution in [0.3, 0.4) is 0 Å². The lowest BCUT2D eigenvalue weighted by molar-refractivity contribution is 0.567. The minimum atomic E-state index is -3.10. The average molecular weight is 225 g/mol. The van der Waals surface area contributed by atoms with Gasteiger partial charge in [-0.1, -0.05) is 17.7 Å². The summed E-state index contributed by atoms with van der Waals surface area (Å²) in [6.07, 6.45) is 0.526. The molecule has 0 saturated carbocycles. The van der Waals surface area contributed by atoms with E-state index < -0.39 is 9.84 Å². The quantitative estimate of drug-likeness (QED) is 0.727. The van der Waals surface area contributed by atoms with Crippen LogP contribution in [-0.2, 0) is 9.84 Å². The van der Waals surface area contributed by atoms with E-state index in [1.54, 1.807) is 0 Å². The normalized spacial score (nSPS) is 23.5. The van der Waals surface area contributed by atoms with Gasteiger partial charge in [0.1, 0.15) is 0 Å². The Morgan fingerprint density at radius 3 is 2.67 bits per heavy atom. The van der Waals surface area contributed by atoms with Crippen molar-refractivity contribution in [2.45, 2.75) is 31.2 Å². The summed E-state index contributed by atoms with van der Waals surface area (Å²) in [5.41, 5.74) is 8.62. The van der Waals surface area contributed by atoms with Crippen LogP contribution in [0.5, 0.6) is 0 Å². The molecule has 2 N–H and O–H groups in total. The van der Waals surface area contributed by atoms with E-state index in [0.29, 0.717) is 11.3 Å². The first-order chi connectivity index (χ1) is 6.92. The van der Waals surface area contributed by atoms with Crippen LogP contribution in [0.1, 0.15) is 29.2 Å². The summed E-state index contributed by atoms with van der Waals surface area (Å²) in [7, 11) is -3.10. The Labute approximate surface area is 90.2 Å². The number of benzene rings is 1. The maximum Gasteiger partial charge on any atom is 0.179 e. The fraction of sp³-hybridized carbons (Fsp3) is 0.455. The molecule has 0 radical (unpaired) electrons. The maximum absolute atomic E-state index is 11.9. The summed E-state index contributed by atoms with van der Waals surface area (Å²) in [6.45, 7) is 3.79. The van der Waals surface area contributed by atoms with Crippen LogP contribution < -0.4 is 5.73 Å². The first-order valence-corrected chi connectivity index (χ1v) is 6.66. The number of sulfone groups is 1. The van der Waals surface area contributed by atoms with Crippen LogP contribution in [0, 0.1) is 13.8 Å². The summed E-state index contributed by atoms with van der Waals surface area (Å²) in [4.78, 5) is 0.465. The van der Waals surface area contributed by atoms with Crippen LogP contribution in [0.25, 0.3) is 0 Å². The number of hydrogen-bond acceptors (Lipinski definition) is 3. The van der Waals surface area contributed by atoms with Gasteiger partial charge in [-0.05, 0) is 31.4 Å². The van der Waals surface area contributed by atoms with E-state index in [4.69, 9.17) is 5.73 Å². The van der Waals surface area contributed by atoms with Gasteiger partial charge in [0.15, 0.2) is 9.84 Å². The fourth-order valence-corrected chi connectivity index (χ4v) is 4.11. The van der Waals surface area contributed by atoms with Crippen molar-refractivity contribution in [1.82, 2.24) is 0 Å². The highest BCUT2D eigenvalue weighted by Gasteiger charge is 2.29. The zero-order valence-electron chi connectivity index (χ0n) is 8.95. The van der Waals surface area contributed by atoms with E-state index in [0.717, 1.165) is 16.7 Å². The van der Waals surface area contributed by atoms with Crippen LogP contribution in [0.2, 0.25) is 0 Å². The second-order valence-electron chi connectivity index (χ2n) is 4.21. The summed E-state index contributed by atoms with van der Waals surface area (Å²) >= 11 is 0. The van der Waals surface area contributed by atoms with Crippen molar-refractivity contribution in [3.8, 4) is 0 Å². The van der Waals surface area contributed by atoms with Crippen molar-refractivity contribution in [2.24, 2.45) is 5.73 Å². The molecule has 15 heavy (non-hydrogen) atoms. The van der Waals surface area contributed by atoms with Crippen LogP contribution in [-0.4, -0.2) is 14.2 Å². The predicted octanol–water partition coefficient (Wildman–Crippen LogP) is 1.48. The van der Waals surface area contributed by atoms with Gasteiger partial charge in [0.25, 0.3) is 0 Å². The molecule has 0 aliphatic carbocycles. The number of nitrogens with two attached hydrogens (primary N) is 1. The molecule has 1 atom stereocenters. The Morgan fingerprint density at radius 2 is 2.00 bits per heavy atom. The maximum atomic E-state index is 11.9. The van der Waals surface area contributed by atoms with Crippen molar-refractivity contribution >= 4 is 9.84 Å². The molecule has 3 nitrogen and oxygen atoms in total.